The summed E-state index contributed by atoms with van der Waals surface area (Å²) in [6.07, 6.45) is 0. The zero-order valence-electron chi connectivity index (χ0n) is 12.1. The first-order valence-corrected chi connectivity index (χ1v) is 7.97. The maximum atomic E-state index is 6.13. The average Bonchev–Trinajstić information content (AvgIpc) is 2.58. The van der Waals surface area contributed by atoms with E-state index in [9.17, 15) is 0 Å². The number of benzene rings is 3. The van der Waals surface area contributed by atoms with Gasteiger partial charge in [0.2, 0.25) is 0 Å². The van der Waals surface area contributed by atoms with Crippen molar-refractivity contribution in [2.75, 3.05) is 5.32 Å². The first kappa shape index (κ1) is 14.3. The van der Waals surface area contributed by atoms with Gasteiger partial charge in [0, 0.05) is 16.5 Å². The van der Waals surface area contributed by atoms with Gasteiger partial charge in [0.05, 0.1) is 26.8 Å². The lowest BCUT2D eigenvalue weighted by atomic mass is 10.1. The van der Waals surface area contributed by atoms with Crippen LogP contribution in [0.3, 0.4) is 0 Å². The van der Waals surface area contributed by atoms with Gasteiger partial charge in [0.15, 0.2) is 0 Å². The number of anilines is 2. The number of halogens is 2. The van der Waals surface area contributed by atoms with E-state index in [1.807, 2.05) is 48.5 Å². The van der Waals surface area contributed by atoms with E-state index in [-0.39, 0.29) is 0 Å². The summed E-state index contributed by atoms with van der Waals surface area (Å²) in [5, 5.41) is 6.68. The second kappa shape index (κ2) is 5.73. The number of nitrogens with one attached hydrogen (secondary N) is 1. The topological polar surface area (TPSA) is 24.9 Å². The predicted octanol–water partition coefficient (Wildman–Crippen LogP) is 6.44. The molecule has 0 saturated carbocycles. The number of nitrogens with zero attached hydrogens (tertiary/aromatic N) is 1. The lowest BCUT2D eigenvalue weighted by Gasteiger charge is -2.13. The molecule has 0 amide bonds. The monoisotopic (exact) mass is 338 g/mol. The Morgan fingerprint density at radius 3 is 1.91 bits per heavy atom. The van der Waals surface area contributed by atoms with Crippen LogP contribution in [-0.2, 0) is 0 Å². The fraction of sp³-hybridized carbons (Fsp3) is 0. The Balaban J connectivity index is 1.97. The van der Waals surface area contributed by atoms with Crippen LogP contribution in [0.15, 0.2) is 66.7 Å². The van der Waals surface area contributed by atoms with E-state index >= 15 is 0 Å². The van der Waals surface area contributed by atoms with E-state index in [0.29, 0.717) is 10.0 Å². The van der Waals surface area contributed by atoms with E-state index in [1.54, 1.807) is 6.07 Å². The molecule has 1 heterocycles. The minimum Gasteiger partial charge on any atom is -0.354 e. The van der Waals surface area contributed by atoms with Gasteiger partial charge in [-0.05, 0) is 30.3 Å². The number of hydrogen-bond acceptors (Lipinski definition) is 2. The van der Waals surface area contributed by atoms with Gasteiger partial charge < -0.3 is 5.32 Å². The number of pyridine rings is 1. The van der Waals surface area contributed by atoms with Crippen LogP contribution >= 0.6 is 23.2 Å². The molecule has 0 fully saturated rings. The van der Waals surface area contributed by atoms with Gasteiger partial charge in [0.1, 0.15) is 0 Å². The van der Waals surface area contributed by atoms with Crippen LogP contribution in [0.2, 0.25) is 10.0 Å². The Labute approximate surface area is 143 Å². The maximum absolute atomic E-state index is 6.13. The van der Waals surface area contributed by atoms with Crippen LogP contribution in [0.25, 0.3) is 21.8 Å². The van der Waals surface area contributed by atoms with Crippen molar-refractivity contribution in [1.82, 2.24) is 4.98 Å². The van der Waals surface area contributed by atoms with E-state index in [0.717, 1.165) is 33.2 Å². The van der Waals surface area contributed by atoms with Crippen molar-refractivity contribution in [3.63, 3.8) is 0 Å². The highest BCUT2D eigenvalue weighted by molar-refractivity contribution is 6.42. The molecular weight excluding hydrogens is 327 g/mol. The highest BCUT2D eigenvalue weighted by Gasteiger charge is 2.09. The summed E-state index contributed by atoms with van der Waals surface area (Å²) < 4.78 is 0. The SMILES string of the molecule is Clc1ccc(Nc2c3ccccc3nc3ccccc23)cc1Cl. The molecule has 0 aliphatic rings. The summed E-state index contributed by atoms with van der Waals surface area (Å²) in [5.74, 6) is 0. The third kappa shape index (κ3) is 2.61. The zero-order valence-corrected chi connectivity index (χ0v) is 13.6. The minimum absolute atomic E-state index is 0.527. The van der Waals surface area contributed by atoms with Crippen LogP contribution in [0.4, 0.5) is 11.4 Å². The second-order valence-corrected chi connectivity index (χ2v) is 6.09. The molecule has 0 radical (unpaired) electrons. The first-order valence-electron chi connectivity index (χ1n) is 7.22. The Kier molecular flexibility index (Phi) is 3.56. The van der Waals surface area contributed by atoms with Crippen LogP contribution < -0.4 is 5.32 Å². The Morgan fingerprint density at radius 2 is 1.30 bits per heavy atom. The molecule has 23 heavy (non-hydrogen) atoms. The molecule has 0 aliphatic carbocycles. The molecule has 4 aromatic rings. The molecule has 4 heteroatoms. The molecule has 0 spiro atoms. The number of aromatic nitrogens is 1. The number of fused-ring (bicyclic) bond motifs is 2. The van der Waals surface area contributed by atoms with E-state index in [1.165, 1.54) is 0 Å². The summed E-state index contributed by atoms with van der Waals surface area (Å²) in [6.45, 7) is 0. The largest absolute Gasteiger partial charge is 0.354 e. The summed E-state index contributed by atoms with van der Waals surface area (Å²) in [7, 11) is 0. The lowest BCUT2D eigenvalue weighted by molar-refractivity contribution is 1.48. The molecule has 0 saturated heterocycles. The minimum atomic E-state index is 0.527. The highest BCUT2D eigenvalue weighted by Crippen LogP contribution is 2.34. The molecule has 0 atom stereocenters. The average molecular weight is 339 g/mol. The van der Waals surface area contributed by atoms with Crippen molar-refractivity contribution in [2.45, 2.75) is 0 Å². The van der Waals surface area contributed by atoms with Gasteiger partial charge >= 0.3 is 0 Å². The van der Waals surface area contributed by atoms with Crippen LogP contribution in [0.5, 0.6) is 0 Å². The molecule has 112 valence electrons. The fourth-order valence-corrected chi connectivity index (χ4v) is 2.99. The predicted molar refractivity (Wildman–Crippen MR) is 99.0 cm³/mol. The van der Waals surface area contributed by atoms with Gasteiger partial charge in [-0.2, -0.15) is 0 Å². The van der Waals surface area contributed by atoms with E-state index in [2.05, 4.69) is 17.4 Å². The van der Waals surface area contributed by atoms with Crippen molar-refractivity contribution in [2.24, 2.45) is 0 Å². The van der Waals surface area contributed by atoms with Gasteiger partial charge in [-0.25, -0.2) is 4.98 Å². The smallest absolute Gasteiger partial charge is 0.0730 e. The third-order valence-corrected chi connectivity index (χ3v) is 4.52. The van der Waals surface area contributed by atoms with Gasteiger partial charge in [-0.1, -0.05) is 59.6 Å². The van der Waals surface area contributed by atoms with Gasteiger partial charge in [-0.15, -0.1) is 0 Å². The van der Waals surface area contributed by atoms with Crippen LogP contribution in [0, 0.1) is 0 Å². The summed E-state index contributed by atoms with van der Waals surface area (Å²) in [6, 6.07) is 21.7. The Hall–Kier alpha value is -2.29. The standard InChI is InChI=1S/C19H12Cl2N2/c20-15-10-9-12(11-16(15)21)22-19-13-5-1-3-7-17(13)23-18-8-4-2-6-14(18)19/h1-11H,(H,22,23). The molecule has 0 bridgehead atoms. The third-order valence-electron chi connectivity index (χ3n) is 3.78. The van der Waals surface area contributed by atoms with Crippen molar-refractivity contribution in [3.8, 4) is 0 Å². The Bertz CT molecular complexity index is 974. The van der Waals surface area contributed by atoms with Crippen molar-refractivity contribution < 1.29 is 0 Å². The molecule has 1 N–H and O–H groups in total. The van der Waals surface area contributed by atoms with Crippen LogP contribution in [0.1, 0.15) is 0 Å². The summed E-state index contributed by atoms with van der Waals surface area (Å²) >= 11 is 12.1. The zero-order chi connectivity index (χ0) is 15.8. The van der Waals surface area contributed by atoms with Crippen molar-refractivity contribution in [3.05, 3.63) is 76.8 Å². The maximum Gasteiger partial charge on any atom is 0.0730 e. The molecule has 1 aromatic heterocycles. The van der Waals surface area contributed by atoms with Crippen molar-refractivity contribution >= 4 is 56.4 Å². The van der Waals surface area contributed by atoms with Crippen LogP contribution in [-0.4, -0.2) is 4.98 Å². The summed E-state index contributed by atoms with van der Waals surface area (Å²) in [4.78, 5) is 4.72. The molecule has 3 aromatic carbocycles. The quantitative estimate of drug-likeness (QED) is 0.425. The van der Waals surface area contributed by atoms with Gasteiger partial charge in [-0.3, -0.25) is 0 Å². The number of rotatable bonds is 2. The molecule has 4 rings (SSSR count). The molecule has 2 nitrogen and oxygen atoms in total. The number of hydrogen-bond donors (Lipinski definition) is 1. The molecule has 0 aliphatic heterocycles. The van der Waals surface area contributed by atoms with Gasteiger partial charge in [0.25, 0.3) is 0 Å². The molecule has 0 unspecified atom stereocenters. The summed E-state index contributed by atoms with van der Waals surface area (Å²) in [5.41, 5.74) is 3.81. The molecular formula is C19H12Cl2N2. The Morgan fingerprint density at radius 1 is 0.696 bits per heavy atom. The van der Waals surface area contributed by atoms with E-state index < -0.39 is 0 Å². The lowest BCUT2D eigenvalue weighted by Crippen LogP contribution is -1.95. The number of para-hydroxylation sites is 2. The van der Waals surface area contributed by atoms with E-state index in [4.69, 9.17) is 28.2 Å². The first-order chi connectivity index (χ1) is 11.2. The normalized spacial score (nSPS) is 11.0. The second-order valence-electron chi connectivity index (χ2n) is 5.27. The van der Waals surface area contributed by atoms with Crippen molar-refractivity contribution in [1.29, 1.82) is 0 Å². The fourth-order valence-electron chi connectivity index (χ4n) is 2.69. The highest BCUT2D eigenvalue weighted by atomic mass is 35.5.